The third-order valence-electron chi connectivity index (χ3n) is 8.71. The summed E-state index contributed by atoms with van der Waals surface area (Å²) in [5.41, 5.74) is 0. The second-order valence-corrected chi connectivity index (χ2v) is 15.8. The standard InChI is InChI=1S/C46H77O12P/c1-3-5-7-8-9-10-11-12-13-14-15-16-17-21-29-35-45(51)55-39-44(40-57-59(53,54)56-38-43(50)37-47)58-46(52)36-30-22-19-18-20-26-32-42(49)34-28-24-23-27-33-41(48)31-25-6-4-2/h6,10-11,19-20,22-28,33-34,41-44,47-50H,3-5,7-9,12-18,21,29-32,35-40H2,1-2H3,(H,53,54)/b11-10-,22-19-,24-23-,25-6-,26-20-,33-27+,34-28+/t41-,42+,43-,44+/m0/s1. The van der Waals surface area contributed by atoms with Crippen molar-refractivity contribution in [3.05, 3.63) is 85.1 Å². The van der Waals surface area contributed by atoms with Crippen molar-refractivity contribution in [1.29, 1.82) is 0 Å². The number of phosphoric acid groups is 1. The summed E-state index contributed by atoms with van der Waals surface area (Å²) in [6, 6.07) is 0. The molecule has 0 aliphatic carbocycles. The molecule has 0 heterocycles. The van der Waals surface area contributed by atoms with Crippen molar-refractivity contribution in [2.45, 2.75) is 167 Å². The Morgan fingerprint density at radius 3 is 1.75 bits per heavy atom. The maximum absolute atomic E-state index is 12.6. The molecule has 0 spiro atoms. The van der Waals surface area contributed by atoms with Crippen LogP contribution in [0.3, 0.4) is 0 Å². The lowest BCUT2D eigenvalue weighted by Gasteiger charge is -2.20. The lowest BCUT2D eigenvalue weighted by Crippen LogP contribution is -2.29. The lowest BCUT2D eigenvalue weighted by atomic mass is 10.1. The number of rotatable bonds is 39. The van der Waals surface area contributed by atoms with Gasteiger partial charge in [-0.25, -0.2) is 4.57 Å². The Morgan fingerprint density at radius 1 is 0.593 bits per heavy atom. The van der Waals surface area contributed by atoms with Crippen molar-refractivity contribution in [1.82, 2.24) is 0 Å². The van der Waals surface area contributed by atoms with E-state index < -0.39 is 64.0 Å². The minimum absolute atomic E-state index is 0.00243. The summed E-state index contributed by atoms with van der Waals surface area (Å²) < 4.78 is 32.5. The summed E-state index contributed by atoms with van der Waals surface area (Å²) in [6.07, 6.45) is 40.5. The fourth-order valence-electron chi connectivity index (χ4n) is 5.30. The van der Waals surface area contributed by atoms with Crippen LogP contribution in [0.15, 0.2) is 85.1 Å². The summed E-state index contributed by atoms with van der Waals surface area (Å²) >= 11 is 0. The monoisotopic (exact) mass is 853 g/mol. The van der Waals surface area contributed by atoms with E-state index in [1.54, 1.807) is 42.5 Å². The highest BCUT2D eigenvalue weighted by molar-refractivity contribution is 7.47. The zero-order valence-electron chi connectivity index (χ0n) is 35.9. The van der Waals surface area contributed by atoms with Crippen LogP contribution in [-0.2, 0) is 32.7 Å². The Morgan fingerprint density at radius 2 is 1.14 bits per heavy atom. The van der Waals surface area contributed by atoms with Crippen LogP contribution in [0.2, 0.25) is 0 Å². The van der Waals surface area contributed by atoms with E-state index in [1.807, 2.05) is 37.3 Å². The van der Waals surface area contributed by atoms with Gasteiger partial charge in [0, 0.05) is 12.8 Å². The summed E-state index contributed by atoms with van der Waals surface area (Å²) in [4.78, 5) is 35.0. The second-order valence-electron chi connectivity index (χ2n) is 14.4. The smallest absolute Gasteiger partial charge is 0.462 e. The highest BCUT2D eigenvalue weighted by atomic mass is 31.2. The van der Waals surface area contributed by atoms with Crippen molar-refractivity contribution in [3.63, 3.8) is 0 Å². The number of hydrogen-bond acceptors (Lipinski definition) is 11. The van der Waals surface area contributed by atoms with Crippen molar-refractivity contribution >= 4 is 19.8 Å². The molecule has 5 atom stereocenters. The average molecular weight is 853 g/mol. The number of ether oxygens (including phenoxy) is 2. The molecule has 0 rings (SSSR count). The predicted molar refractivity (Wildman–Crippen MR) is 235 cm³/mol. The predicted octanol–water partition coefficient (Wildman–Crippen LogP) is 9.39. The Hall–Kier alpha value is -2.93. The molecule has 0 saturated heterocycles. The van der Waals surface area contributed by atoms with Crippen molar-refractivity contribution < 1.29 is 58.0 Å². The Balaban J connectivity index is 4.56. The minimum Gasteiger partial charge on any atom is -0.462 e. The third-order valence-corrected chi connectivity index (χ3v) is 9.66. The molecule has 13 heteroatoms. The first-order valence-electron chi connectivity index (χ1n) is 21.8. The molecule has 12 nitrogen and oxygen atoms in total. The zero-order valence-corrected chi connectivity index (χ0v) is 36.8. The van der Waals surface area contributed by atoms with Gasteiger partial charge in [0.1, 0.15) is 12.7 Å². The molecule has 0 aliphatic heterocycles. The van der Waals surface area contributed by atoms with Crippen molar-refractivity contribution in [3.8, 4) is 0 Å². The van der Waals surface area contributed by atoms with E-state index in [2.05, 4.69) is 23.6 Å². The van der Waals surface area contributed by atoms with Crippen LogP contribution >= 0.6 is 7.82 Å². The van der Waals surface area contributed by atoms with Gasteiger partial charge in [-0.05, 0) is 64.2 Å². The van der Waals surface area contributed by atoms with E-state index in [4.69, 9.17) is 19.1 Å². The van der Waals surface area contributed by atoms with E-state index in [0.29, 0.717) is 32.1 Å². The molecular weight excluding hydrogens is 775 g/mol. The van der Waals surface area contributed by atoms with E-state index in [1.165, 1.54) is 51.4 Å². The summed E-state index contributed by atoms with van der Waals surface area (Å²) in [7, 11) is -4.67. The van der Waals surface area contributed by atoms with E-state index in [-0.39, 0.29) is 19.4 Å². The van der Waals surface area contributed by atoms with E-state index in [0.717, 1.165) is 32.1 Å². The molecule has 0 saturated carbocycles. The van der Waals surface area contributed by atoms with Crippen LogP contribution in [0.4, 0.5) is 0 Å². The number of hydrogen-bond donors (Lipinski definition) is 5. The van der Waals surface area contributed by atoms with Gasteiger partial charge in [0.05, 0.1) is 32.0 Å². The molecular formula is C46H77O12P. The summed E-state index contributed by atoms with van der Waals surface area (Å²) in [5, 5.41) is 38.3. The summed E-state index contributed by atoms with van der Waals surface area (Å²) in [5.74, 6) is -1.10. The highest BCUT2D eigenvalue weighted by Gasteiger charge is 2.27. The van der Waals surface area contributed by atoms with E-state index >= 15 is 0 Å². The molecule has 0 aromatic carbocycles. The quantitative estimate of drug-likeness (QED) is 0.0130. The van der Waals surface area contributed by atoms with Crippen LogP contribution in [0.5, 0.6) is 0 Å². The van der Waals surface area contributed by atoms with Crippen LogP contribution < -0.4 is 0 Å². The van der Waals surface area contributed by atoms with Crippen LogP contribution in [0, 0.1) is 0 Å². The Kier molecular flexibility index (Phi) is 38.5. The molecule has 0 aromatic heterocycles. The zero-order chi connectivity index (χ0) is 43.7. The topological polar surface area (TPSA) is 189 Å². The molecule has 0 radical (unpaired) electrons. The van der Waals surface area contributed by atoms with Gasteiger partial charge in [-0.3, -0.25) is 18.6 Å². The van der Waals surface area contributed by atoms with Crippen molar-refractivity contribution in [2.75, 3.05) is 26.4 Å². The van der Waals surface area contributed by atoms with Gasteiger partial charge < -0.3 is 34.8 Å². The molecule has 0 amide bonds. The lowest BCUT2D eigenvalue weighted by molar-refractivity contribution is -0.161. The molecule has 338 valence electrons. The first-order valence-corrected chi connectivity index (χ1v) is 23.3. The molecule has 0 aliphatic rings. The first-order chi connectivity index (χ1) is 28.5. The van der Waals surface area contributed by atoms with Crippen LogP contribution in [0.1, 0.15) is 142 Å². The Bertz CT molecular complexity index is 1290. The number of phosphoric ester groups is 1. The largest absolute Gasteiger partial charge is 0.472 e. The maximum atomic E-state index is 12.6. The number of unbranched alkanes of at least 4 members (excludes halogenated alkanes) is 11. The number of carbonyl (C=O) groups excluding carboxylic acids is 2. The van der Waals surface area contributed by atoms with Crippen LogP contribution in [-0.4, -0.2) is 88.1 Å². The average Bonchev–Trinajstić information content (AvgIpc) is 3.21. The minimum atomic E-state index is -4.67. The van der Waals surface area contributed by atoms with Gasteiger partial charge in [0.25, 0.3) is 0 Å². The van der Waals surface area contributed by atoms with Gasteiger partial charge in [0.2, 0.25) is 0 Å². The maximum Gasteiger partial charge on any atom is 0.472 e. The molecule has 5 N–H and O–H groups in total. The number of aliphatic hydroxyl groups is 4. The third kappa shape index (κ3) is 40.3. The molecule has 0 aromatic rings. The fraction of sp³-hybridized carbons (Fsp3) is 0.652. The molecule has 59 heavy (non-hydrogen) atoms. The van der Waals surface area contributed by atoms with Crippen molar-refractivity contribution in [2.24, 2.45) is 0 Å². The molecule has 0 fully saturated rings. The second kappa shape index (κ2) is 40.5. The number of carbonyl (C=O) groups is 2. The Labute approximate surface area is 355 Å². The number of aliphatic hydroxyl groups excluding tert-OH is 4. The van der Waals surface area contributed by atoms with Gasteiger partial charge in [0.15, 0.2) is 6.10 Å². The van der Waals surface area contributed by atoms with Crippen LogP contribution in [0.25, 0.3) is 0 Å². The highest BCUT2D eigenvalue weighted by Crippen LogP contribution is 2.43. The summed E-state index contributed by atoms with van der Waals surface area (Å²) in [6.45, 7) is 1.95. The number of allylic oxidation sites excluding steroid dienone is 10. The van der Waals surface area contributed by atoms with Gasteiger partial charge in [-0.15, -0.1) is 0 Å². The normalized spacial score (nSPS) is 15.7. The molecule has 1 unspecified atom stereocenters. The van der Waals surface area contributed by atoms with Gasteiger partial charge in [-0.2, -0.15) is 0 Å². The molecule has 0 bridgehead atoms. The van der Waals surface area contributed by atoms with E-state index in [9.17, 15) is 34.4 Å². The number of esters is 2. The van der Waals surface area contributed by atoms with Gasteiger partial charge >= 0.3 is 19.8 Å². The SMILES string of the molecule is CC/C=C\C[C@H](O)/C=C/C=C\C=C\[C@H](O)C/C=C\C/C=C\CCC(=O)O[C@H](COC(=O)CCCCCCCCC/C=C\CCCCCC)COP(=O)(O)OC[C@@H](O)CO. The fourth-order valence-corrected chi connectivity index (χ4v) is 6.09. The van der Waals surface area contributed by atoms with Gasteiger partial charge in [-0.1, -0.05) is 150 Å². The first kappa shape index (κ1) is 56.1.